The molecule has 1 aliphatic heterocycles. The van der Waals surface area contributed by atoms with E-state index in [1.165, 1.54) is 12.3 Å². The molecule has 3 rings (SSSR count). The number of aromatic nitrogens is 1. The van der Waals surface area contributed by atoms with E-state index >= 15 is 0 Å². The Morgan fingerprint density at radius 2 is 2.08 bits per heavy atom. The normalized spacial score (nSPS) is 16.9. The summed E-state index contributed by atoms with van der Waals surface area (Å²) in [6, 6.07) is 9.49. The molecular weight excluding hydrogens is 307 g/mol. The van der Waals surface area contributed by atoms with Gasteiger partial charge in [-0.1, -0.05) is 29.8 Å². The molecule has 2 aromatic rings. The maximum absolute atomic E-state index is 13.7. The van der Waals surface area contributed by atoms with E-state index in [1.807, 2.05) is 25.1 Å². The van der Waals surface area contributed by atoms with Gasteiger partial charge >= 0.3 is 0 Å². The quantitative estimate of drug-likeness (QED) is 0.942. The number of amides is 1. The minimum Gasteiger partial charge on any atom is -0.389 e. The molecule has 1 saturated heterocycles. The van der Waals surface area contributed by atoms with Crippen molar-refractivity contribution in [2.75, 3.05) is 13.1 Å². The van der Waals surface area contributed by atoms with Crippen LogP contribution in [0.5, 0.6) is 0 Å². The summed E-state index contributed by atoms with van der Waals surface area (Å²) in [4.78, 5) is 17.7. The van der Waals surface area contributed by atoms with Gasteiger partial charge < -0.3 is 10.0 Å². The molecule has 1 aromatic heterocycles. The smallest absolute Gasteiger partial charge is 0.256 e. The number of carbonyl (C=O) groups excluding carboxylic acids is 1. The Hall–Kier alpha value is -2.27. The van der Waals surface area contributed by atoms with Crippen LogP contribution in [0, 0.1) is 12.7 Å². The van der Waals surface area contributed by atoms with E-state index in [2.05, 4.69) is 11.1 Å². The van der Waals surface area contributed by atoms with Gasteiger partial charge in [0.15, 0.2) is 5.82 Å². The fourth-order valence-corrected chi connectivity index (χ4v) is 3.22. The lowest BCUT2D eigenvalue weighted by Crippen LogP contribution is -2.47. The third-order valence-corrected chi connectivity index (χ3v) is 4.60. The summed E-state index contributed by atoms with van der Waals surface area (Å²) in [5.41, 5.74) is 1.48. The third kappa shape index (κ3) is 3.62. The predicted octanol–water partition coefficient (Wildman–Crippen LogP) is 2.74. The van der Waals surface area contributed by atoms with Crippen LogP contribution >= 0.6 is 0 Å². The third-order valence-electron chi connectivity index (χ3n) is 4.60. The number of likely N-dealkylation sites (tertiary alicyclic amines) is 1. The van der Waals surface area contributed by atoms with Crippen LogP contribution in [0.2, 0.25) is 0 Å². The molecule has 0 bridgehead atoms. The van der Waals surface area contributed by atoms with Crippen LogP contribution in [0.25, 0.3) is 0 Å². The van der Waals surface area contributed by atoms with Gasteiger partial charge in [0, 0.05) is 25.7 Å². The van der Waals surface area contributed by atoms with Gasteiger partial charge in [-0.05, 0) is 31.4 Å². The second-order valence-electron chi connectivity index (χ2n) is 6.54. The minimum atomic E-state index is -0.818. The molecule has 4 nitrogen and oxygen atoms in total. The van der Waals surface area contributed by atoms with Crippen molar-refractivity contribution in [3.05, 3.63) is 65.2 Å². The van der Waals surface area contributed by atoms with E-state index in [1.54, 1.807) is 4.90 Å². The van der Waals surface area contributed by atoms with Crippen molar-refractivity contribution in [2.24, 2.45) is 0 Å². The van der Waals surface area contributed by atoms with Crippen LogP contribution in [0.1, 0.15) is 34.3 Å². The molecule has 0 unspecified atom stereocenters. The number of halogens is 1. The highest BCUT2D eigenvalue weighted by Crippen LogP contribution is 2.27. The number of rotatable bonds is 3. The zero-order chi connectivity index (χ0) is 17.2. The van der Waals surface area contributed by atoms with E-state index in [0.717, 1.165) is 17.3 Å². The molecule has 2 heterocycles. The molecule has 1 N–H and O–H groups in total. The second-order valence-corrected chi connectivity index (χ2v) is 6.54. The Labute approximate surface area is 141 Å². The highest BCUT2D eigenvalue weighted by atomic mass is 19.1. The first kappa shape index (κ1) is 16.6. The Bertz CT molecular complexity index is 740. The van der Waals surface area contributed by atoms with Gasteiger partial charge in [0.1, 0.15) is 0 Å². The number of aliphatic hydroxyl groups is 1. The van der Waals surface area contributed by atoms with E-state index < -0.39 is 11.4 Å². The number of hydrogen-bond acceptors (Lipinski definition) is 3. The van der Waals surface area contributed by atoms with Crippen molar-refractivity contribution in [2.45, 2.75) is 31.8 Å². The van der Waals surface area contributed by atoms with Crippen LogP contribution in [0.4, 0.5) is 4.39 Å². The summed E-state index contributed by atoms with van der Waals surface area (Å²) in [5.74, 6) is -0.949. The number of nitrogens with zero attached hydrogens (tertiary/aromatic N) is 2. The Kier molecular flexibility index (Phi) is 4.62. The first-order valence-corrected chi connectivity index (χ1v) is 8.14. The molecular formula is C19H21FN2O2. The zero-order valence-corrected chi connectivity index (χ0v) is 13.7. The molecule has 0 atom stereocenters. The minimum absolute atomic E-state index is 0.0362. The number of benzene rings is 1. The van der Waals surface area contributed by atoms with Crippen LogP contribution < -0.4 is 0 Å². The van der Waals surface area contributed by atoms with Gasteiger partial charge in [0.25, 0.3) is 5.91 Å². The molecule has 1 amide bonds. The van der Waals surface area contributed by atoms with Gasteiger partial charge in [-0.3, -0.25) is 9.78 Å². The molecule has 0 spiro atoms. The van der Waals surface area contributed by atoms with E-state index in [0.29, 0.717) is 32.4 Å². The Morgan fingerprint density at radius 3 is 2.75 bits per heavy atom. The maximum Gasteiger partial charge on any atom is 0.256 e. The number of pyridine rings is 1. The SMILES string of the molecule is Cc1cccc(CC2(O)CCN(C(=O)c3ccncc3F)CC2)c1. The van der Waals surface area contributed by atoms with Crippen molar-refractivity contribution >= 4 is 5.91 Å². The molecule has 1 aromatic carbocycles. The Balaban J connectivity index is 1.65. The van der Waals surface area contributed by atoms with Gasteiger partial charge in [-0.2, -0.15) is 0 Å². The van der Waals surface area contributed by atoms with Crippen LogP contribution in [-0.4, -0.2) is 39.6 Å². The monoisotopic (exact) mass is 328 g/mol. The number of carbonyl (C=O) groups is 1. The van der Waals surface area contributed by atoms with Crippen molar-refractivity contribution in [1.82, 2.24) is 9.88 Å². The number of hydrogen-bond donors (Lipinski definition) is 1. The molecule has 0 aliphatic carbocycles. The molecule has 0 radical (unpaired) electrons. The number of piperidine rings is 1. The maximum atomic E-state index is 13.7. The summed E-state index contributed by atoms with van der Waals surface area (Å²) in [7, 11) is 0. The lowest BCUT2D eigenvalue weighted by Gasteiger charge is -2.38. The molecule has 5 heteroatoms. The van der Waals surface area contributed by atoms with Gasteiger partial charge in [0.05, 0.1) is 17.4 Å². The lowest BCUT2D eigenvalue weighted by atomic mass is 9.85. The van der Waals surface area contributed by atoms with E-state index in [9.17, 15) is 14.3 Å². The average molecular weight is 328 g/mol. The molecule has 126 valence electrons. The highest BCUT2D eigenvalue weighted by Gasteiger charge is 2.34. The van der Waals surface area contributed by atoms with Crippen molar-refractivity contribution in [3.8, 4) is 0 Å². The van der Waals surface area contributed by atoms with E-state index in [4.69, 9.17) is 0 Å². The first-order chi connectivity index (χ1) is 11.5. The fraction of sp³-hybridized carbons (Fsp3) is 0.368. The predicted molar refractivity (Wildman–Crippen MR) is 89.2 cm³/mol. The summed E-state index contributed by atoms with van der Waals surface area (Å²) < 4.78 is 13.7. The average Bonchev–Trinajstić information content (AvgIpc) is 2.55. The van der Waals surface area contributed by atoms with Crippen molar-refractivity contribution < 1.29 is 14.3 Å². The van der Waals surface area contributed by atoms with Gasteiger partial charge in [-0.25, -0.2) is 4.39 Å². The molecule has 0 saturated carbocycles. The summed E-state index contributed by atoms with van der Waals surface area (Å²) >= 11 is 0. The largest absolute Gasteiger partial charge is 0.389 e. The summed E-state index contributed by atoms with van der Waals surface area (Å²) in [5, 5.41) is 10.8. The van der Waals surface area contributed by atoms with Gasteiger partial charge in [0.2, 0.25) is 0 Å². The standard InChI is InChI=1S/C19H21FN2O2/c1-14-3-2-4-15(11-14)12-19(24)6-9-22(10-7-19)18(23)16-5-8-21-13-17(16)20/h2-5,8,11,13,24H,6-7,9-10,12H2,1H3. The van der Waals surface area contributed by atoms with Crippen molar-refractivity contribution in [1.29, 1.82) is 0 Å². The van der Waals surface area contributed by atoms with Crippen LogP contribution in [0.15, 0.2) is 42.7 Å². The van der Waals surface area contributed by atoms with Gasteiger partial charge in [-0.15, -0.1) is 0 Å². The van der Waals surface area contributed by atoms with Crippen LogP contribution in [0.3, 0.4) is 0 Å². The number of aryl methyl sites for hydroxylation is 1. The van der Waals surface area contributed by atoms with Crippen LogP contribution in [-0.2, 0) is 6.42 Å². The molecule has 24 heavy (non-hydrogen) atoms. The Morgan fingerprint density at radius 1 is 1.33 bits per heavy atom. The molecule has 1 aliphatic rings. The lowest BCUT2D eigenvalue weighted by molar-refractivity contribution is -0.0163. The summed E-state index contributed by atoms with van der Waals surface area (Å²) in [6.45, 7) is 2.86. The first-order valence-electron chi connectivity index (χ1n) is 8.14. The van der Waals surface area contributed by atoms with E-state index in [-0.39, 0.29) is 11.5 Å². The second kappa shape index (κ2) is 6.69. The molecule has 1 fully saturated rings. The highest BCUT2D eigenvalue weighted by molar-refractivity contribution is 5.94. The topological polar surface area (TPSA) is 53.4 Å². The fourth-order valence-electron chi connectivity index (χ4n) is 3.22. The summed E-state index contributed by atoms with van der Waals surface area (Å²) in [6.07, 6.45) is 4.00. The zero-order valence-electron chi connectivity index (χ0n) is 13.7. The van der Waals surface area contributed by atoms with Crippen molar-refractivity contribution in [3.63, 3.8) is 0 Å².